The van der Waals surface area contributed by atoms with Crippen molar-refractivity contribution < 1.29 is 32.2 Å². The first kappa shape index (κ1) is 24.3. The van der Waals surface area contributed by atoms with E-state index in [-0.39, 0.29) is 36.2 Å². The number of ether oxygens (including phenoxy) is 2. The summed E-state index contributed by atoms with van der Waals surface area (Å²) in [5.41, 5.74) is -0.393. The quantitative estimate of drug-likeness (QED) is 0.546. The third-order valence-corrected chi connectivity index (χ3v) is 4.85. The molecule has 3 rings (SSSR count). The highest BCUT2D eigenvalue weighted by atomic mass is 19.4. The Morgan fingerprint density at radius 1 is 1.03 bits per heavy atom. The van der Waals surface area contributed by atoms with Crippen LogP contribution in [0.1, 0.15) is 31.9 Å². The number of hydrogen-bond acceptors (Lipinski definition) is 5. The molecule has 0 atom stereocenters. The van der Waals surface area contributed by atoms with Crippen molar-refractivity contribution in [2.75, 3.05) is 25.1 Å². The van der Waals surface area contributed by atoms with Gasteiger partial charge < -0.3 is 14.8 Å². The molecule has 9 heteroatoms. The summed E-state index contributed by atoms with van der Waals surface area (Å²) in [4.78, 5) is 27.3. The molecule has 0 radical (unpaired) electrons. The number of alkyl halides is 3. The van der Waals surface area contributed by atoms with Gasteiger partial charge in [0.1, 0.15) is 11.4 Å². The van der Waals surface area contributed by atoms with Crippen molar-refractivity contribution in [1.82, 2.24) is 4.90 Å². The minimum absolute atomic E-state index is 0.0180. The lowest BCUT2D eigenvalue weighted by molar-refractivity contribution is -0.138. The summed E-state index contributed by atoms with van der Waals surface area (Å²) in [7, 11) is 0. The third-order valence-electron chi connectivity index (χ3n) is 4.85. The van der Waals surface area contributed by atoms with Crippen LogP contribution in [0.3, 0.4) is 0 Å². The Labute approximate surface area is 190 Å². The first-order valence-corrected chi connectivity index (χ1v) is 10.5. The molecule has 33 heavy (non-hydrogen) atoms. The van der Waals surface area contributed by atoms with Crippen LogP contribution in [0.5, 0.6) is 5.75 Å². The minimum Gasteiger partial charge on any atom is -0.494 e. The number of halogens is 3. The highest BCUT2D eigenvalue weighted by Gasteiger charge is 2.39. The summed E-state index contributed by atoms with van der Waals surface area (Å²) in [6.07, 6.45) is -4.63. The lowest BCUT2D eigenvalue weighted by atomic mass is 10.0. The van der Waals surface area contributed by atoms with Crippen LogP contribution in [0.2, 0.25) is 0 Å². The second-order valence-corrected chi connectivity index (χ2v) is 7.59. The lowest BCUT2D eigenvalue weighted by Crippen LogP contribution is -2.35. The highest BCUT2D eigenvalue weighted by molar-refractivity contribution is 6.36. The average Bonchev–Trinajstić information content (AvgIpc) is 2.98. The average molecular weight is 462 g/mol. The first-order chi connectivity index (χ1) is 15.6. The normalized spacial score (nSPS) is 14.5. The van der Waals surface area contributed by atoms with E-state index in [2.05, 4.69) is 5.32 Å². The first-order valence-electron chi connectivity index (χ1n) is 10.5. The number of amides is 2. The molecule has 0 bridgehead atoms. The second-order valence-electron chi connectivity index (χ2n) is 7.59. The molecular formula is C24H25F3N2O4. The maximum absolute atomic E-state index is 13.2. The Kier molecular flexibility index (Phi) is 7.43. The number of imide groups is 1. The Balaban J connectivity index is 1.98. The lowest BCUT2D eigenvalue weighted by Gasteiger charge is -2.16. The van der Waals surface area contributed by atoms with Gasteiger partial charge in [0.25, 0.3) is 11.8 Å². The SMILES string of the molecule is CCOc1ccc(C2=C(Nc3cccc(C(F)(F)F)c3)C(=O)N(CCOC(C)C)C2=O)cc1. The number of anilines is 1. The zero-order valence-corrected chi connectivity index (χ0v) is 18.5. The molecule has 0 unspecified atom stereocenters. The van der Waals surface area contributed by atoms with Crippen LogP contribution < -0.4 is 10.1 Å². The van der Waals surface area contributed by atoms with Crippen LogP contribution in [0, 0.1) is 0 Å². The van der Waals surface area contributed by atoms with E-state index >= 15 is 0 Å². The molecule has 2 amide bonds. The molecule has 0 aromatic heterocycles. The molecule has 176 valence electrons. The van der Waals surface area contributed by atoms with Crippen LogP contribution in [-0.2, 0) is 20.5 Å². The molecule has 1 aliphatic rings. The highest BCUT2D eigenvalue weighted by Crippen LogP contribution is 2.34. The fourth-order valence-corrected chi connectivity index (χ4v) is 3.34. The third kappa shape index (κ3) is 5.73. The van der Waals surface area contributed by atoms with Gasteiger partial charge in [-0.15, -0.1) is 0 Å². The standard InChI is InChI=1S/C24H25F3N2O4/c1-4-32-19-10-8-16(9-11-19)20-21(23(31)29(22(20)30)12-13-33-15(2)3)28-18-7-5-6-17(14-18)24(25,26)27/h5-11,14-15,28H,4,12-13H2,1-3H3. The van der Waals surface area contributed by atoms with Crippen LogP contribution in [0.25, 0.3) is 5.57 Å². The monoisotopic (exact) mass is 462 g/mol. The van der Waals surface area contributed by atoms with E-state index in [1.54, 1.807) is 24.3 Å². The van der Waals surface area contributed by atoms with Crippen LogP contribution in [-0.4, -0.2) is 42.6 Å². The Bertz CT molecular complexity index is 1050. The van der Waals surface area contributed by atoms with E-state index in [0.717, 1.165) is 17.0 Å². The summed E-state index contributed by atoms with van der Waals surface area (Å²) in [6.45, 7) is 6.12. The topological polar surface area (TPSA) is 67.9 Å². The molecular weight excluding hydrogens is 437 g/mol. The molecule has 6 nitrogen and oxygen atoms in total. The largest absolute Gasteiger partial charge is 0.494 e. The zero-order valence-electron chi connectivity index (χ0n) is 18.5. The van der Waals surface area contributed by atoms with Gasteiger partial charge in [0, 0.05) is 5.69 Å². The van der Waals surface area contributed by atoms with Crippen molar-refractivity contribution in [1.29, 1.82) is 0 Å². The summed E-state index contributed by atoms with van der Waals surface area (Å²) in [5.74, 6) is -0.590. The maximum Gasteiger partial charge on any atom is 0.416 e. The molecule has 0 fully saturated rings. The Morgan fingerprint density at radius 2 is 1.73 bits per heavy atom. The summed E-state index contributed by atoms with van der Waals surface area (Å²) < 4.78 is 50.3. The van der Waals surface area contributed by atoms with Crippen molar-refractivity contribution in [2.45, 2.75) is 33.1 Å². The molecule has 0 saturated carbocycles. The van der Waals surface area contributed by atoms with Crippen LogP contribution in [0.4, 0.5) is 18.9 Å². The van der Waals surface area contributed by atoms with E-state index in [9.17, 15) is 22.8 Å². The van der Waals surface area contributed by atoms with Crippen LogP contribution >= 0.6 is 0 Å². The maximum atomic E-state index is 13.2. The predicted molar refractivity (Wildman–Crippen MR) is 117 cm³/mol. The van der Waals surface area contributed by atoms with Crippen molar-refractivity contribution in [3.05, 3.63) is 65.4 Å². The summed E-state index contributed by atoms with van der Waals surface area (Å²) in [5, 5.41) is 2.75. The molecule has 1 aliphatic heterocycles. The van der Waals surface area contributed by atoms with Gasteiger partial charge in [0.15, 0.2) is 0 Å². The van der Waals surface area contributed by atoms with Crippen molar-refractivity contribution in [2.24, 2.45) is 0 Å². The van der Waals surface area contributed by atoms with Crippen molar-refractivity contribution >= 4 is 23.1 Å². The smallest absolute Gasteiger partial charge is 0.416 e. The number of benzene rings is 2. The van der Waals surface area contributed by atoms with Gasteiger partial charge >= 0.3 is 6.18 Å². The molecule has 1 heterocycles. The number of rotatable bonds is 9. The number of hydrogen-bond donors (Lipinski definition) is 1. The fourth-order valence-electron chi connectivity index (χ4n) is 3.34. The molecule has 0 aliphatic carbocycles. The van der Waals surface area contributed by atoms with Crippen molar-refractivity contribution in [3.8, 4) is 5.75 Å². The molecule has 0 saturated heterocycles. The zero-order chi connectivity index (χ0) is 24.2. The van der Waals surface area contributed by atoms with E-state index in [4.69, 9.17) is 9.47 Å². The van der Waals surface area contributed by atoms with Gasteiger partial charge in [0.2, 0.25) is 0 Å². The van der Waals surface area contributed by atoms with E-state index in [0.29, 0.717) is 17.9 Å². The van der Waals surface area contributed by atoms with Gasteiger partial charge in [-0.3, -0.25) is 14.5 Å². The summed E-state index contributed by atoms with van der Waals surface area (Å²) in [6, 6.07) is 11.1. The number of carbonyl (C=O) groups is 2. The van der Waals surface area contributed by atoms with Crippen LogP contribution in [0.15, 0.2) is 54.2 Å². The van der Waals surface area contributed by atoms with Gasteiger partial charge in [-0.05, 0) is 56.7 Å². The van der Waals surface area contributed by atoms with Gasteiger partial charge in [-0.1, -0.05) is 18.2 Å². The van der Waals surface area contributed by atoms with E-state index in [1.165, 1.54) is 12.1 Å². The van der Waals surface area contributed by atoms with E-state index in [1.807, 2.05) is 20.8 Å². The van der Waals surface area contributed by atoms with Gasteiger partial charge in [0.05, 0.1) is 37.0 Å². The number of nitrogens with zero attached hydrogens (tertiary/aromatic N) is 1. The fraction of sp³-hybridized carbons (Fsp3) is 0.333. The minimum atomic E-state index is -4.54. The van der Waals surface area contributed by atoms with E-state index < -0.39 is 23.6 Å². The Morgan fingerprint density at radius 3 is 2.33 bits per heavy atom. The second kappa shape index (κ2) is 10.1. The molecule has 2 aromatic rings. The Hall–Kier alpha value is -3.33. The predicted octanol–water partition coefficient (Wildman–Crippen LogP) is 4.72. The van der Waals surface area contributed by atoms with Crippen molar-refractivity contribution in [3.63, 3.8) is 0 Å². The number of nitrogens with one attached hydrogen (secondary N) is 1. The molecule has 1 N–H and O–H groups in total. The van der Waals surface area contributed by atoms with Gasteiger partial charge in [-0.25, -0.2) is 0 Å². The summed E-state index contributed by atoms with van der Waals surface area (Å²) >= 11 is 0. The van der Waals surface area contributed by atoms with Gasteiger partial charge in [-0.2, -0.15) is 13.2 Å². The number of carbonyl (C=O) groups excluding carboxylic acids is 2. The molecule has 0 spiro atoms. The molecule has 2 aromatic carbocycles.